The fourth-order valence-electron chi connectivity index (χ4n) is 9.49. The molecule has 1 N–H and O–H groups in total. The van der Waals surface area contributed by atoms with Gasteiger partial charge in [0.05, 0.1) is 37.3 Å². The number of benzene rings is 5. The quantitative estimate of drug-likeness (QED) is 0.144. The van der Waals surface area contributed by atoms with Gasteiger partial charge in [0.1, 0.15) is 6.10 Å². The number of piperidine rings is 1. The SMILES string of the molecule is COC(=O)c1cc2ccccc2cc1-c1cc2ccccc2cc1C(=O)O[C@H]1CC[C@H]2CN3CCc4c([nH]c5ccccc45)[C@@H]3C[C@@H]2[C@H]1C(=O)OC. The van der Waals surface area contributed by atoms with E-state index in [-0.39, 0.29) is 23.8 Å². The van der Waals surface area contributed by atoms with Crippen molar-refractivity contribution in [3.63, 3.8) is 0 Å². The van der Waals surface area contributed by atoms with Crippen molar-refractivity contribution in [2.45, 2.75) is 37.8 Å². The molecule has 9 rings (SSSR count). The van der Waals surface area contributed by atoms with Gasteiger partial charge in [0, 0.05) is 29.7 Å². The number of fused-ring (bicyclic) bond motifs is 8. The molecule has 2 aliphatic heterocycles. The summed E-state index contributed by atoms with van der Waals surface area (Å²) >= 11 is 0. The number of aromatic amines is 1. The number of nitrogens with one attached hydrogen (secondary N) is 1. The minimum Gasteiger partial charge on any atom is -0.469 e. The topological polar surface area (TPSA) is 97.9 Å². The molecule has 0 spiro atoms. The largest absolute Gasteiger partial charge is 0.469 e. The molecule has 0 unspecified atom stereocenters. The summed E-state index contributed by atoms with van der Waals surface area (Å²) in [5, 5.41) is 4.87. The van der Waals surface area contributed by atoms with Crippen molar-refractivity contribution >= 4 is 50.4 Å². The molecule has 1 saturated carbocycles. The Morgan fingerprint density at radius 3 is 2.00 bits per heavy atom. The summed E-state index contributed by atoms with van der Waals surface area (Å²) in [4.78, 5) is 47.8. The molecule has 8 heteroatoms. The summed E-state index contributed by atoms with van der Waals surface area (Å²) in [5.41, 5.74) is 5.59. The number of nitrogens with zero attached hydrogens (tertiary/aromatic N) is 1. The minimum absolute atomic E-state index is 0.0138. The molecule has 5 aromatic carbocycles. The van der Waals surface area contributed by atoms with Crippen LogP contribution in [0.15, 0.2) is 97.1 Å². The van der Waals surface area contributed by atoms with Crippen LogP contribution in [0.5, 0.6) is 0 Å². The van der Waals surface area contributed by atoms with Gasteiger partial charge in [-0.05, 0) is 106 Å². The molecule has 2 fully saturated rings. The van der Waals surface area contributed by atoms with Gasteiger partial charge in [0.2, 0.25) is 0 Å². The first-order valence-corrected chi connectivity index (χ1v) is 18.2. The zero-order valence-electron chi connectivity index (χ0n) is 29.3. The third-order valence-corrected chi connectivity index (χ3v) is 11.9. The molecule has 8 nitrogen and oxygen atoms in total. The van der Waals surface area contributed by atoms with E-state index in [4.69, 9.17) is 14.2 Å². The Kier molecular flexibility index (Phi) is 8.07. The maximum absolute atomic E-state index is 14.6. The highest BCUT2D eigenvalue weighted by molar-refractivity contribution is 6.09. The van der Waals surface area contributed by atoms with E-state index in [2.05, 4.69) is 34.1 Å². The van der Waals surface area contributed by atoms with Gasteiger partial charge in [-0.1, -0.05) is 66.7 Å². The Bertz CT molecular complexity index is 2400. The number of hydrogen-bond donors (Lipinski definition) is 1. The van der Waals surface area contributed by atoms with Crippen LogP contribution in [0.3, 0.4) is 0 Å². The second-order valence-corrected chi connectivity index (χ2v) is 14.5. The molecule has 0 radical (unpaired) electrons. The van der Waals surface area contributed by atoms with Crippen molar-refractivity contribution in [1.82, 2.24) is 9.88 Å². The molecule has 3 heterocycles. The summed E-state index contributed by atoms with van der Waals surface area (Å²) in [6, 6.07) is 31.7. The minimum atomic E-state index is -0.658. The molecule has 1 aromatic heterocycles. The predicted molar refractivity (Wildman–Crippen MR) is 200 cm³/mol. The lowest BCUT2D eigenvalue weighted by Gasteiger charge is -2.51. The van der Waals surface area contributed by atoms with Crippen molar-refractivity contribution < 1.29 is 28.6 Å². The van der Waals surface area contributed by atoms with Crippen LogP contribution in [0.1, 0.15) is 57.3 Å². The maximum Gasteiger partial charge on any atom is 0.339 e. The first-order chi connectivity index (χ1) is 25.4. The van der Waals surface area contributed by atoms with Crippen LogP contribution in [0, 0.1) is 17.8 Å². The van der Waals surface area contributed by atoms with Crippen LogP contribution in [0.25, 0.3) is 43.6 Å². The van der Waals surface area contributed by atoms with Gasteiger partial charge in [0.15, 0.2) is 0 Å². The summed E-state index contributed by atoms with van der Waals surface area (Å²) < 4.78 is 17.1. The molecule has 5 atom stereocenters. The van der Waals surface area contributed by atoms with Crippen molar-refractivity contribution in [3.8, 4) is 11.1 Å². The first-order valence-electron chi connectivity index (χ1n) is 18.2. The summed E-state index contributed by atoms with van der Waals surface area (Å²) in [6.45, 7) is 1.88. The zero-order valence-corrected chi connectivity index (χ0v) is 29.3. The number of methoxy groups -OCH3 is 2. The molecule has 1 saturated heterocycles. The van der Waals surface area contributed by atoms with Crippen LogP contribution in [-0.4, -0.2) is 61.2 Å². The number of carbonyl (C=O) groups is 3. The van der Waals surface area contributed by atoms with Gasteiger partial charge in [-0.3, -0.25) is 9.69 Å². The Morgan fingerprint density at radius 2 is 1.35 bits per heavy atom. The highest BCUT2D eigenvalue weighted by atomic mass is 16.6. The molecule has 6 aromatic rings. The standard InChI is InChI=1S/C44H40N2O6/c1-50-42(47)35-21-27-11-5-3-9-25(27)19-33(35)34-20-26-10-4-6-12-28(26)22-36(34)43(48)52-39-16-15-29-24-46-18-17-31-30-13-7-8-14-37(30)45-41(31)38(46)23-32(29)40(39)44(49)51-2/h3-14,19-22,29,32,38-40,45H,15-18,23-24H2,1-2H3/t29-,32-,38-,39-,40+/m0/s1. The van der Waals surface area contributed by atoms with Crippen molar-refractivity contribution in [2.75, 3.05) is 27.3 Å². The number of para-hydroxylation sites is 1. The Labute approximate surface area is 301 Å². The van der Waals surface area contributed by atoms with Crippen LogP contribution in [0.4, 0.5) is 0 Å². The monoisotopic (exact) mass is 692 g/mol. The van der Waals surface area contributed by atoms with Crippen LogP contribution in [0.2, 0.25) is 0 Å². The first kappa shape index (κ1) is 32.4. The molecule has 52 heavy (non-hydrogen) atoms. The van der Waals surface area contributed by atoms with Crippen molar-refractivity contribution in [2.24, 2.45) is 17.8 Å². The molecule has 262 valence electrons. The van der Waals surface area contributed by atoms with Gasteiger partial charge < -0.3 is 19.2 Å². The van der Waals surface area contributed by atoms with E-state index in [0.717, 1.165) is 59.4 Å². The van der Waals surface area contributed by atoms with Crippen LogP contribution in [-0.2, 0) is 25.4 Å². The van der Waals surface area contributed by atoms with Gasteiger partial charge >= 0.3 is 17.9 Å². The number of esters is 3. The number of aromatic nitrogens is 1. The molecule has 0 amide bonds. The number of ether oxygens (including phenoxy) is 3. The lowest BCUT2D eigenvalue weighted by Crippen LogP contribution is -2.54. The van der Waals surface area contributed by atoms with E-state index in [1.165, 1.54) is 30.9 Å². The fourth-order valence-corrected chi connectivity index (χ4v) is 9.49. The smallest absolute Gasteiger partial charge is 0.339 e. The lowest BCUT2D eigenvalue weighted by molar-refractivity contribution is -0.160. The fraction of sp³-hybridized carbons (Fsp3) is 0.295. The molecular weight excluding hydrogens is 652 g/mol. The molecule has 3 aliphatic rings. The van der Waals surface area contributed by atoms with E-state index >= 15 is 0 Å². The number of H-pyrrole nitrogens is 1. The highest BCUT2D eigenvalue weighted by Gasteiger charge is 2.51. The van der Waals surface area contributed by atoms with Crippen molar-refractivity contribution in [1.29, 1.82) is 0 Å². The molecule has 1 aliphatic carbocycles. The van der Waals surface area contributed by atoms with E-state index in [1.54, 1.807) is 0 Å². The summed E-state index contributed by atoms with van der Waals surface area (Å²) in [7, 11) is 2.78. The Morgan fingerprint density at radius 1 is 0.731 bits per heavy atom. The van der Waals surface area contributed by atoms with E-state index in [1.807, 2.05) is 72.8 Å². The number of hydrogen-bond acceptors (Lipinski definition) is 7. The normalized spacial score (nSPS) is 22.7. The third-order valence-electron chi connectivity index (χ3n) is 11.9. The summed E-state index contributed by atoms with van der Waals surface area (Å²) in [6.07, 6.45) is 2.53. The van der Waals surface area contributed by atoms with Gasteiger partial charge in [-0.25, -0.2) is 9.59 Å². The summed E-state index contributed by atoms with van der Waals surface area (Å²) in [5.74, 6) is -1.69. The lowest BCUT2D eigenvalue weighted by atomic mass is 9.64. The number of carbonyl (C=O) groups excluding carboxylic acids is 3. The van der Waals surface area contributed by atoms with Crippen molar-refractivity contribution in [3.05, 3.63) is 119 Å². The van der Waals surface area contributed by atoms with E-state index in [9.17, 15) is 14.4 Å². The second-order valence-electron chi connectivity index (χ2n) is 14.5. The average Bonchev–Trinajstić information content (AvgIpc) is 3.57. The molecule has 0 bridgehead atoms. The predicted octanol–water partition coefficient (Wildman–Crippen LogP) is 8.27. The average molecular weight is 693 g/mol. The van der Waals surface area contributed by atoms with Gasteiger partial charge in [-0.15, -0.1) is 0 Å². The highest BCUT2D eigenvalue weighted by Crippen LogP contribution is 2.50. The Balaban J connectivity index is 1.09. The van der Waals surface area contributed by atoms with Crippen LogP contribution < -0.4 is 0 Å². The second kappa shape index (κ2) is 12.9. The van der Waals surface area contributed by atoms with Gasteiger partial charge in [-0.2, -0.15) is 0 Å². The van der Waals surface area contributed by atoms with E-state index < -0.39 is 24.0 Å². The Hall–Kier alpha value is -5.47. The number of rotatable bonds is 5. The van der Waals surface area contributed by atoms with Crippen LogP contribution >= 0.6 is 0 Å². The maximum atomic E-state index is 14.6. The molecular formula is C44H40N2O6. The third kappa shape index (κ3) is 5.35. The zero-order chi connectivity index (χ0) is 35.5. The van der Waals surface area contributed by atoms with E-state index in [0.29, 0.717) is 28.7 Å². The van der Waals surface area contributed by atoms with Gasteiger partial charge in [0.25, 0.3) is 0 Å².